The van der Waals surface area contributed by atoms with Crippen molar-refractivity contribution in [3.63, 3.8) is 0 Å². The molecule has 2 aromatic carbocycles. The molecule has 4 heteroatoms. The molecule has 0 spiro atoms. The molecule has 0 radical (unpaired) electrons. The summed E-state index contributed by atoms with van der Waals surface area (Å²) in [5.41, 5.74) is 0.812. The van der Waals surface area contributed by atoms with Crippen LogP contribution in [0.2, 0.25) is 0 Å². The summed E-state index contributed by atoms with van der Waals surface area (Å²) in [4.78, 5) is 4.99. The van der Waals surface area contributed by atoms with Crippen molar-refractivity contribution in [1.29, 1.82) is 0 Å². The number of benzene rings is 2. The fraction of sp³-hybridized carbons (Fsp3) is 0.312. The Morgan fingerprint density at radius 2 is 1.85 bits per heavy atom. The Labute approximate surface area is 118 Å². The number of hydrogen-bond acceptors (Lipinski definition) is 4. The van der Waals surface area contributed by atoms with E-state index in [0.29, 0.717) is 0 Å². The third kappa shape index (κ3) is 3.96. The number of rotatable bonds is 6. The summed E-state index contributed by atoms with van der Waals surface area (Å²) in [5, 5.41) is 15.7. The molecule has 106 valence electrons. The third-order valence-electron chi connectivity index (χ3n) is 2.69. The molecule has 0 aliphatic carbocycles. The number of fused-ring (bicyclic) bond motifs is 1. The van der Waals surface area contributed by atoms with Crippen LogP contribution in [0.4, 0.5) is 0 Å². The third-order valence-corrected chi connectivity index (χ3v) is 2.69. The van der Waals surface area contributed by atoms with Crippen LogP contribution in [0, 0.1) is 0 Å². The molecule has 0 heterocycles. The highest BCUT2D eigenvalue weighted by atomic mass is 16.6. The lowest BCUT2D eigenvalue weighted by Gasteiger charge is -2.13. The zero-order valence-electron chi connectivity index (χ0n) is 11.7. The second-order valence-corrected chi connectivity index (χ2v) is 4.78. The quantitative estimate of drug-likeness (QED) is 0.650. The van der Waals surface area contributed by atoms with Crippen LogP contribution in [-0.2, 0) is 4.84 Å². The van der Waals surface area contributed by atoms with E-state index in [4.69, 9.17) is 9.57 Å². The first-order valence-electron chi connectivity index (χ1n) is 6.58. The van der Waals surface area contributed by atoms with Gasteiger partial charge in [-0.1, -0.05) is 41.6 Å². The molecule has 0 aliphatic rings. The van der Waals surface area contributed by atoms with Gasteiger partial charge in [0, 0.05) is 5.39 Å². The fourth-order valence-corrected chi connectivity index (χ4v) is 1.81. The number of ether oxygens (including phenoxy) is 1. The largest absolute Gasteiger partial charge is 0.490 e. The Balaban J connectivity index is 1.94. The second-order valence-electron chi connectivity index (χ2n) is 4.78. The predicted octanol–water partition coefficient (Wildman–Crippen LogP) is 2.99. The number of aliphatic hydroxyl groups excluding tert-OH is 1. The Hall–Kier alpha value is -2.07. The van der Waals surface area contributed by atoms with Crippen molar-refractivity contribution in [2.24, 2.45) is 5.16 Å². The van der Waals surface area contributed by atoms with Gasteiger partial charge in [-0.05, 0) is 25.3 Å². The van der Waals surface area contributed by atoms with Crippen molar-refractivity contribution < 1.29 is 14.7 Å². The Morgan fingerprint density at radius 1 is 1.10 bits per heavy atom. The molecule has 0 saturated heterocycles. The van der Waals surface area contributed by atoms with Crippen molar-refractivity contribution in [3.8, 4) is 5.75 Å². The molecule has 0 amide bonds. The van der Waals surface area contributed by atoms with Gasteiger partial charge >= 0.3 is 0 Å². The minimum absolute atomic E-state index is 0.121. The minimum atomic E-state index is -0.711. The first-order valence-corrected chi connectivity index (χ1v) is 6.58. The van der Waals surface area contributed by atoms with E-state index < -0.39 is 6.10 Å². The summed E-state index contributed by atoms with van der Waals surface area (Å²) >= 11 is 0. The maximum Gasteiger partial charge on any atom is 0.146 e. The van der Waals surface area contributed by atoms with Crippen molar-refractivity contribution in [3.05, 3.63) is 42.5 Å². The van der Waals surface area contributed by atoms with Crippen molar-refractivity contribution in [2.45, 2.75) is 20.0 Å². The van der Waals surface area contributed by atoms with Gasteiger partial charge in [-0.25, -0.2) is 0 Å². The lowest BCUT2D eigenvalue weighted by atomic mass is 10.1. The molecule has 20 heavy (non-hydrogen) atoms. The highest BCUT2D eigenvalue weighted by Gasteiger charge is 2.07. The van der Waals surface area contributed by atoms with Gasteiger partial charge in [0.1, 0.15) is 25.1 Å². The number of aliphatic hydroxyl groups is 1. The van der Waals surface area contributed by atoms with E-state index in [0.717, 1.165) is 22.2 Å². The first-order chi connectivity index (χ1) is 9.66. The van der Waals surface area contributed by atoms with Gasteiger partial charge < -0.3 is 14.7 Å². The highest BCUT2D eigenvalue weighted by Crippen LogP contribution is 2.25. The van der Waals surface area contributed by atoms with Gasteiger partial charge in [-0.15, -0.1) is 0 Å². The monoisotopic (exact) mass is 273 g/mol. The zero-order valence-corrected chi connectivity index (χ0v) is 11.7. The Kier molecular flexibility index (Phi) is 4.96. The molecule has 0 bridgehead atoms. The Bertz CT molecular complexity index is 586. The fourth-order valence-electron chi connectivity index (χ4n) is 1.81. The predicted molar refractivity (Wildman–Crippen MR) is 80.2 cm³/mol. The van der Waals surface area contributed by atoms with Gasteiger partial charge in [0.15, 0.2) is 0 Å². The molecular weight excluding hydrogens is 254 g/mol. The maximum absolute atomic E-state index is 9.78. The average molecular weight is 273 g/mol. The minimum Gasteiger partial charge on any atom is -0.490 e. The van der Waals surface area contributed by atoms with Crippen molar-refractivity contribution in [2.75, 3.05) is 13.2 Å². The SMILES string of the molecule is CC(C)=NOC[C@H](O)COc1cccc2ccccc12. The molecule has 2 aromatic rings. The summed E-state index contributed by atoms with van der Waals surface area (Å²) in [7, 11) is 0. The van der Waals surface area contributed by atoms with Crippen LogP contribution < -0.4 is 4.74 Å². The molecule has 0 fully saturated rings. The van der Waals surface area contributed by atoms with Crippen LogP contribution in [0.15, 0.2) is 47.6 Å². The van der Waals surface area contributed by atoms with Crippen LogP contribution in [0.5, 0.6) is 5.75 Å². The highest BCUT2D eigenvalue weighted by molar-refractivity contribution is 5.88. The Morgan fingerprint density at radius 3 is 2.65 bits per heavy atom. The van der Waals surface area contributed by atoms with E-state index in [1.807, 2.05) is 56.3 Å². The van der Waals surface area contributed by atoms with Gasteiger partial charge in [-0.2, -0.15) is 0 Å². The van der Waals surface area contributed by atoms with E-state index in [1.54, 1.807) is 0 Å². The van der Waals surface area contributed by atoms with Gasteiger partial charge in [-0.3, -0.25) is 0 Å². The smallest absolute Gasteiger partial charge is 0.146 e. The van der Waals surface area contributed by atoms with Crippen LogP contribution in [0.3, 0.4) is 0 Å². The number of nitrogens with zero attached hydrogens (tertiary/aromatic N) is 1. The molecule has 2 rings (SSSR count). The molecule has 0 unspecified atom stereocenters. The first kappa shape index (κ1) is 14.3. The molecule has 0 aliphatic heterocycles. The van der Waals surface area contributed by atoms with Crippen molar-refractivity contribution in [1.82, 2.24) is 0 Å². The van der Waals surface area contributed by atoms with Crippen LogP contribution in [0.1, 0.15) is 13.8 Å². The van der Waals surface area contributed by atoms with Crippen molar-refractivity contribution >= 4 is 16.5 Å². The van der Waals surface area contributed by atoms with E-state index in [-0.39, 0.29) is 13.2 Å². The molecule has 1 N–H and O–H groups in total. The van der Waals surface area contributed by atoms with Gasteiger partial charge in [0.2, 0.25) is 0 Å². The topological polar surface area (TPSA) is 51.0 Å². The number of oxime groups is 1. The summed E-state index contributed by atoms with van der Waals surface area (Å²) in [5.74, 6) is 0.761. The molecule has 0 saturated carbocycles. The summed E-state index contributed by atoms with van der Waals surface area (Å²) in [6, 6.07) is 13.8. The van der Waals surface area contributed by atoms with Crippen LogP contribution in [0.25, 0.3) is 10.8 Å². The lowest BCUT2D eigenvalue weighted by molar-refractivity contribution is 0.0145. The molecule has 0 aromatic heterocycles. The lowest BCUT2D eigenvalue weighted by Crippen LogP contribution is -2.22. The summed E-state index contributed by atoms with van der Waals surface area (Å²) < 4.78 is 5.66. The molecule has 4 nitrogen and oxygen atoms in total. The van der Waals surface area contributed by atoms with E-state index in [2.05, 4.69) is 5.16 Å². The second kappa shape index (κ2) is 6.91. The molecule has 1 atom stereocenters. The van der Waals surface area contributed by atoms with E-state index >= 15 is 0 Å². The zero-order chi connectivity index (χ0) is 14.4. The molecular formula is C16H19NO3. The standard InChI is InChI=1S/C16H19NO3/c1-12(2)17-20-11-14(18)10-19-16-9-5-7-13-6-3-4-8-15(13)16/h3-9,14,18H,10-11H2,1-2H3/t14-/m1/s1. The normalized spacial score (nSPS) is 11.9. The van der Waals surface area contributed by atoms with Crippen LogP contribution in [-0.4, -0.2) is 30.1 Å². The summed E-state index contributed by atoms with van der Waals surface area (Å²) in [6.45, 7) is 3.96. The number of hydrogen-bond donors (Lipinski definition) is 1. The maximum atomic E-state index is 9.78. The van der Waals surface area contributed by atoms with E-state index in [1.165, 1.54) is 0 Å². The van der Waals surface area contributed by atoms with Gasteiger partial charge in [0.05, 0.1) is 5.71 Å². The average Bonchev–Trinajstić information content (AvgIpc) is 2.44. The summed E-state index contributed by atoms with van der Waals surface area (Å²) in [6.07, 6.45) is -0.711. The van der Waals surface area contributed by atoms with E-state index in [9.17, 15) is 5.11 Å². The van der Waals surface area contributed by atoms with Gasteiger partial charge in [0.25, 0.3) is 0 Å². The van der Waals surface area contributed by atoms with Crippen LogP contribution >= 0.6 is 0 Å².